The van der Waals surface area contributed by atoms with Crippen LogP contribution in [0.4, 0.5) is 11.5 Å². The molecule has 2 N–H and O–H groups in total. The Morgan fingerprint density at radius 1 is 1.17 bits per heavy atom. The zero-order valence-electron chi connectivity index (χ0n) is 17.4. The molecule has 0 aliphatic carbocycles. The number of carbonyl (C=O) groups is 2. The minimum absolute atomic E-state index is 0.00931. The average Bonchev–Trinajstić information content (AvgIpc) is 3.18. The molecular weight excluding hydrogens is 380 g/mol. The monoisotopic (exact) mass is 404 g/mol. The first-order valence-electron chi connectivity index (χ1n) is 9.79. The van der Waals surface area contributed by atoms with Gasteiger partial charge in [-0.1, -0.05) is 24.3 Å². The van der Waals surface area contributed by atoms with Crippen molar-refractivity contribution in [3.05, 3.63) is 59.3 Å². The number of aromatic nitrogens is 2. The highest BCUT2D eigenvalue weighted by Crippen LogP contribution is 2.38. The lowest BCUT2D eigenvalue weighted by Gasteiger charge is -2.12. The van der Waals surface area contributed by atoms with Gasteiger partial charge in [0.25, 0.3) is 5.91 Å². The highest BCUT2D eigenvalue weighted by atomic mass is 16.5. The molecule has 7 heteroatoms. The van der Waals surface area contributed by atoms with Gasteiger partial charge >= 0.3 is 0 Å². The van der Waals surface area contributed by atoms with Crippen LogP contribution >= 0.6 is 0 Å². The Balaban J connectivity index is 1.58. The van der Waals surface area contributed by atoms with Gasteiger partial charge in [-0.05, 0) is 55.7 Å². The minimum Gasteiger partial charge on any atom is -0.497 e. The zero-order chi connectivity index (χ0) is 21.4. The molecule has 1 aliphatic rings. The number of aryl methyl sites for hydroxylation is 3. The third-order valence-corrected chi connectivity index (χ3v) is 5.35. The Morgan fingerprint density at radius 3 is 2.60 bits per heavy atom. The van der Waals surface area contributed by atoms with Gasteiger partial charge in [0.05, 0.1) is 19.2 Å². The number of anilines is 2. The summed E-state index contributed by atoms with van der Waals surface area (Å²) in [5.41, 5.74) is 5.36. The van der Waals surface area contributed by atoms with Gasteiger partial charge < -0.3 is 15.4 Å². The number of carbonyl (C=O) groups excluding carboxylic acids is 2. The first-order valence-corrected chi connectivity index (χ1v) is 9.79. The van der Waals surface area contributed by atoms with E-state index < -0.39 is 6.04 Å². The smallest absolute Gasteiger partial charge is 0.251 e. The van der Waals surface area contributed by atoms with Crippen molar-refractivity contribution in [3.63, 3.8) is 0 Å². The average molecular weight is 404 g/mol. The van der Waals surface area contributed by atoms with Crippen molar-refractivity contribution in [2.45, 2.75) is 33.2 Å². The number of fused-ring (bicyclic) bond motifs is 1. The Kier molecular flexibility index (Phi) is 5.03. The molecule has 1 atom stereocenters. The Morgan fingerprint density at radius 2 is 1.90 bits per heavy atom. The molecule has 2 aromatic carbocycles. The fraction of sp³-hybridized carbons (Fsp3) is 0.261. The van der Waals surface area contributed by atoms with Crippen LogP contribution in [0.3, 0.4) is 0 Å². The normalized spacial score (nSPS) is 14.9. The number of benzene rings is 2. The molecule has 1 unspecified atom stereocenters. The van der Waals surface area contributed by atoms with Crippen molar-refractivity contribution >= 4 is 23.3 Å². The molecule has 0 spiro atoms. The summed E-state index contributed by atoms with van der Waals surface area (Å²) >= 11 is 0. The minimum atomic E-state index is -0.684. The lowest BCUT2D eigenvalue weighted by atomic mass is 10.1. The lowest BCUT2D eigenvalue weighted by molar-refractivity contribution is -0.123. The maximum atomic E-state index is 12.7. The molecule has 1 aliphatic heterocycles. The fourth-order valence-electron chi connectivity index (χ4n) is 3.73. The molecule has 0 saturated heterocycles. The quantitative estimate of drug-likeness (QED) is 0.673. The summed E-state index contributed by atoms with van der Waals surface area (Å²) in [4.78, 5) is 25.3. The van der Waals surface area contributed by atoms with Gasteiger partial charge in [0.15, 0.2) is 0 Å². The number of methoxy groups -OCH3 is 1. The third-order valence-electron chi connectivity index (χ3n) is 5.35. The van der Waals surface area contributed by atoms with E-state index in [-0.39, 0.29) is 18.2 Å². The van der Waals surface area contributed by atoms with E-state index in [4.69, 9.17) is 4.74 Å². The SMILES string of the molecule is COc1ccc(-c2c(C)nn3c2NC(=O)C3CC(=O)Nc2cc(C)ccc2C)cc1. The van der Waals surface area contributed by atoms with E-state index in [0.29, 0.717) is 5.82 Å². The molecule has 3 aromatic rings. The molecule has 2 heterocycles. The van der Waals surface area contributed by atoms with Gasteiger partial charge in [0.1, 0.15) is 17.6 Å². The van der Waals surface area contributed by atoms with E-state index >= 15 is 0 Å². The van der Waals surface area contributed by atoms with E-state index in [1.807, 2.05) is 63.2 Å². The zero-order valence-corrected chi connectivity index (χ0v) is 17.4. The van der Waals surface area contributed by atoms with Gasteiger partial charge in [-0.2, -0.15) is 5.10 Å². The Hall–Kier alpha value is -3.61. The Bertz CT molecular complexity index is 1130. The second kappa shape index (κ2) is 7.67. The number of hydrogen-bond acceptors (Lipinski definition) is 4. The summed E-state index contributed by atoms with van der Waals surface area (Å²) < 4.78 is 6.84. The van der Waals surface area contributed by atoms with E-state index in [1.165, 1.54) is 0 Å². The van der Waals surface area contributed by atoms with Crippen molar-refractivity contribution in [1.82, 2.24) is 9.78 Å². The third kappa shape index (κ3) is 3.54. The molecule has 2 amide bonds. The van der Waals surface area contributed by atoms with Crippen LogP contribution in [-0.2, 0) is 9.59 Å². The van der Waals surface area contributed by atoms with Gasteiger partial charge in [0, 0.05) is 11.3 Å². The maximum Gasteiger partial charge on any atom is 0.251 e. The predicted molar refractivity (Wildman–Crippen MR) is 116 cm³/mol. The van der Waals surface area contributed by atoms with Gasteiger partial charge in [-0.3, -0.25) is 9.59 Å². The molecule has 30 heavy (non-hydrogen) atoms. The highest BCUT2D eigenvalue weighted by Gasteiger charge is 2.36. The van der Waals surface area contributed by atoms with E-state index in [0.717, 1.165) is 39.4 Å². The van der Waals surface area contributed by atoms with Crippen molar-refractivity contribution in [1.29, 1.82) is 0 Å². The van der Waals surface area contributed by atoms with Crippen molar-refractivity contribution in [2.24, 2.45) is 0 Å². The molecule has 0 fully saturated rings. The lowest BCUT2D eigenvalue weighted by Crippen LogP contribution is -2.24. The first kappa shape index (κ1) is 19.7. The molecule has 154 valence electrons. The number of ether oxygens (including phenoxy) is 1. The van der Waals surface area contributed by atoms with Crippen LogP contribution in [0.1, 0.15) is 29.3 Å². The molecule has 7 nitrogen and oxygen atoms in total. The van der Waals surface area contributed by atoms with Crippen molar-refractivity contribution in [2.75, 3.05) is 17.7 Å². The molecular formula is C23H24N4O3. The van der Waals surface area contributed by atoms with E-state index in [9.17, 15) is 9.59 Å². The van der Waals surface area contributed by atoms with Crippen LogP contribution in [0.25, 0.3) is 11.1 Å². The summed E-state index contributed by atoms with van der Waals surface area (Å²) in [5.74, 6) is 0.914. The van der Waals surface area contributed by atoms with Crippen molar-refractivity contribution in [3.8, 4) is 16.9 Å². The summed E-state index contributed by atoms with van der Waals surface area (Å²) in [6.45, 7) is 5.80. The van der Waals surface area contributed by atoms with E-state index in [2.05, 4.69) is 15.7 Å². The van der Waals surface area contributed by atoms with Gasteiger partial charge in [-0.15, -0.1) is 0 Å². The highest BCUT2D eigenvalue weighted by molar-refractivity contribution is 6.04. The van der Waals surface area contributed by atoms with Crippen molar-refractivity contribution < 1.29 is 14.3 Å². The van der Waals surface area contributed by atoms with Gasteiger partial charge in [-0.25, -0.2) is 4.68 Å². The van der Waals surface area contributed by atoms with Crippen LogP contribution in [0.2, 0.25) is 0 Å². The number of hydrogen-bond donors (Lipinski definition) is 2. The topological polar surface area (TPSA) is 85.2 Å². The summed E-state index contributed by atoms with van der Waals surface area (Å²) in [6.07, 6.45) is 0.00931. The molecule has 1 aromatic heterocycles. The summed E-state index contributed by atoms with van der Waals surface area (Å²) in [6, 6.07) is 12.8. The van der Waals surface area contributed by atoms with Gasteiger partial charge in [0.2, 0.25) is 5.91 Å². The maximum absolute atomic E-state index is 12.7. The Labute approximate surface area is 175 Å². The predicted octanol–water partition coefficient (Wildman–Crippen LogP) is 4.01. The second-order valence-electron chi connectivity index (χ2n) is 7.56. The van der Waals surface area contributed by atoms with E-state index in [1.54, 1.807) is 11.8 Å². The molecule has 4 rings (SSSR count). The summed E-state index contributed by atoms with van der Waals surface area (Å²) in [5, 5.41) is 10.4. The largest absolute Gasteiger partial charge is 0.497 e. The second-order valence-corrected chi connectivity index (χ2v) is 7.56. The number of amides is 2. The molecule has 0 radical (unpaired) electrons. The first-order chi connectivity index (χ1) is 14.4. The van der Waals surface area contributed by atoms with Crippen LogP contribution in [-0.4, -0.2) is 28.7 Å². The number of rotatable bonds is 5. The summed E-state index contributed by atoms with van der Waals surface area (Å²) in [7, 11) is 1.62. The van der Waals surface area contributed by atoms with Crippen LogP contribution in [0.15, 0.2) is 42.5 Å². The fourth-order valence-corrected chi connectivity index (χ4v) is 3.73. The molecule has 0 bridgehead atoms. The van der Waals surface area contributed by atoms with Crippen LogP contribution in [0.5, 0.6) is 5.75 Å². The van der Waals surface area contributed by atoms with Crippen LogP contribution in [0, 0.1) is 20.8 Å². The molecule has 0 saturated carbocycles. The van der Waals surface area contributed by atoms with Crippen LogP contribution < -0.4 is 15.4 Å². The number of nitrogens with zero attached hydrogens (tertiary/aromatic N) is 2. The number of nitrogens with one attached hydrogen (secondary N) is 2. The standard InChI is InChI=1S/C23H24N4O3/c1-13-5-6-14(2)18(11-13)24-20(28)12-19-23(29)25-22-21(15(3)26-27(19)22)16-7-9-17(30-4)10-8-16/h5-11,19H,12H2,1-4H3,(H,24,28)(H,25,29).